The molecule has 1 aliphatic heterocycles. The minimum absolute atomic E-state index is 0.125. The van der Waals surface area contributed by atoms with E-state index >= 15 is 0 Å². The van der Waals surface area contributed by atoms with Gasteiger partial charge in [0.05, 0.1) is 0 Å². The van der Waals surface area contributed by atoms with Crippen LogP contribution in [-0.4, -0.2) is 18.1 Å². The highest BCUT2D eigenvalue weighted by atomic mass is 15.2. The normalized spacial score (nSPS) is 17.8. The Kier molecular flexibility index (Phi) is 3.44. The summed E-state index contributed by atoms with van der Waals surface area (Å²) in [7, 11) is 0. The van der Waals surface area contributed by atoms with Crippen molar-refractivity contribution < 1.29 is 0 Å². The fourth-order valence-electron chi connectivity index (χ4n) is 2.29. The van der Waals surface area contributed by atoms with E-state index in [1.165, 1.54) is 18.4 Å². The van der Waals surface area contributed by atoms with Gasteiger partial charge in [-0.3, -0.25) is 0 Å². The molecule has 1 aliphatic rings. The van der Waals surface area contributed by atoms with Crippen LogP contribution in [0.3, 0.4) is 0 Å². The smallest absolute Gasteiger partial charge is 0.128 e. The first kappa shape index (κ1) is 11.4. The number of nitrogens with two attached hydrogens (primary N) is 1. The van der Waals surface area contributed by atoms with Crippen molar-refractivity contribution in [3.8, 4) is 0 Å². The van der Waals surface area contributed by atoms with Crippen molar-refractivity contribution in [3.05, 3.63) is 23.4 Å². The fraction of sp³-hybridized carbons (Fsp3) is 0.615. The number of aromatic nitrogens is 1. The first-order valence-electron chi connectivity index (χ1n) is 6.20. The van der Waals surface area contributed by atoms with Crippen LogP contribution in [0.2, 0.25) is 0 Å². The Hall–Kier alpha value is -1.09. The second kappa shape index (κ2) is 4.83. The number of anilines is 1. The van der Waals surface area contributed by atoms with Crippen LogP contribution in [0.5, 0.6) is 0 Å². The van der Waals surface area contributed by atoms with Crippen molar-refractivity contribution >= 4 is 5.82 Å². The van der Waals surface area contributed by atoms with Gasteiger partial charge in [-0.15, -0.1) is 0 Å². The van der Waals surface area contributed by atoms with Gasteiger partial charge >= 0.3 is 0 Å². The lowest BCUT2D eigenvalue weighted by Gasteiger charge is -2.19. The molecule has 0 aliphatic carbocycles. The van der Waals surface area contributed by atoms with Crippen molar-refractivity contribution in [1.29, 1.82) is 0 Å². The molecular weight excluding hydrogens is 198 g/mol. The molecule has 1 unspecified atom stereocenters. The van der Waals surface area contributed by atoms with Gasteiger partial charge in [-0.05, 0) is 37.8 Å². The Labute approximate surface area is 97.7 Å². The van der Waals surface area contributed by atoms with E-state index in [0.29, 0.717) is 0 Å². The minimum atomic E-state index is 0.125. The lowest BCUT2D eigenvalue weighted by Crippen LogP contribution is -2.20. The summed E-state index contributed by atoms with van der Waals surface area (Å²) in [5.74, 6) is 1.11. The molecule has 2 N–H and O–H groups in total. The molecule has 88 valence electrons. The molecule has 0 spiro atoms. The van der Waals surface area contributed by atoms with Gasteiger partial charge < -0.3 is 10.6 Å². The van der Waals surface area contributed by atoms with E-state index in [0.717, 1.165) is 31.0 Å². The Morgan fingerprint density at radius 1 is 1.38 bits per heavy atom. The van der Waals surface area contributed by atoms with Gasteiger partial charge in [-0.2, -0.15) is 0 Å². The van der Waals surface area contributed by atoms with Crippen LogP contribution in [-0.2, 0) is 0 Å². The monoisotopic (exact) mass is 219 g/mol. The molecule has 1 saturated heterocycles. The number of hydrogen-bond acceptors (Lipinski definition) is 3. The summed E-state index contributed by atoms with van der Waals surface area (Å²) in [6.45, 7) is 6.46. The summed E-state index contributed by atoms with van der Waals surface area (Å²) >= 11 is 0. The minimum Gasteiger partial charge on any atom is -0.357 e. The third kappa shape index (κ3) is 2.19. The highest BCUT2D eigenvalue weighted by Crippen LogP contribution is 2.23. The molecule has 0 aromatic carbocycles. The average Bonchev–Trinajstić information content (AvgIpc) is 2.81. The first-order chi connectivity index (χ1) is 7.72. The maximum atomic E-state index is 6.05. The van der Waals surface area contributed by atoms with Gasteiger partial charge in [0.2, 0.25) is 0 Å². The maximum absolute atomic E-state index is 6.05. The predicted octanol–water partition coefficient (Wildman–Crippen LogP) is 2.40. The SMILES string of the molecule is CCC(N)c1ccc(N2CCCC2)nc1C. The fourth-order valence-corrected chi connectivity index (χ4v) is 2.29. The van der Waals surface area contributed by atoms with Crippen molar-refractivity contribution in [2.24, 2.45) is 5.73 Å². The molecule has 1 aromatic rings. The highest BCUT2D eigenvalue weighted by molar-refractivity contribution is 5.43. The average molecular weight is 219 g/mol. The van der Waals surface area contributed by atoms with Crippen LogP contribution in [0, 0.1) is 6.92 Å². The van der Waals surface area contributed by atoms with E-state index in [2.05, 4.69) is 35.9 Å². The molecule has 1 fully saturated rings. The molecule has 2 rings (SSSR count). The van der Waals surface area contributed by atoms with Crippen molar-refractivity contribution in [3.63, 3.8) is 0 Å². The molecule has 3 nitrogen and oxygen atoms in total. The van der Waals surface area contributed by atoms with Crippen LogP contribution in [0.4, 0.5) is 5.82 Å². The van der Waals surface area contributed by atoms with E-state index < -0.39 is 0 Å². The Balaban J connectivity index is 2.21. The standard InChI is InChI=1S/C13H21N3/c1-3-12(14)11-6-7-13(15-10(11)2)16-8-4-5-9-16/h6-7,12H,3-5,8-9,14H2,1-2H3. The zero-order valence-corrected chi connectivity index (χ0v) is 10.2. The van der Waals surface area contributed by atoms with E-state index in [4.69, 9.17) is 5.73 Å². The van der Waals surface area contributed by atoms with Gasteiger partial charge in [-0.1, -0.05) is 13.0 Å². The molecule has 0 amide bonds. The number of nitrogens with zero attached hydrogens (tertiary/aromatic N) is 2. The van der Waals surface area contributed by atoms with Crippen LogP contribution in [0.25, 0.3) is 0 Å². The zero-order valence-electron chi connectivity index (χ0n) is 10.2. The van der Waals surface area contributed by atoms with Crippen LogP contribution in [0.1, 0.15) is 43.5 Å². The number of hydrogen-bond donors (Lipinski definition) is 1. The third-order valence-electron chi connectivity index (χ3n) is 3.38. The Bertz CT molecular complexity index is 356. The van der Waals surface area contributed by atoms with Gasteiger partial charge in [-0.25, -0.2) is 4.98 Å². The van der Waals surface area contributed by atoms with E-state index in [9.17, 15) is 0 Å². The zero-order chi connectivity index (χ0) is 11.5. The molecule has 3 heteroatoms. The number of pyridine rings is 1. The topological polar surface area (TPSA) is 42.1 Å². The summed E-state index contributed by atoms with van der Waals surface area (Å²) in [5, 5.41) is 0. The van der Waals surface area contributed by atoms with Crippen molar-refractivity contribution in [2.75, 3.05) is 18.0 Å². The Morgan fingerprint density at radius 3 is 2.62 bits per heavy atom. The van der Waals surface area contributed by atoms with E-state index in [-0.39, 0.29) is 6.04 Å². The van der Waals surface area contributed by atoms with Gasteiger partial charge in [0, 0.05) is 24.8 Å². The summed E-state index contributed by atoms with van der Waals surface area (Å²) < 4.78 is 0. The van der Waals surface area contributed by atoms with Crippen LogP contribution in [0.15, 0.2) is 12.1 Å². The summed E-state index contributed by atoms with van der Waals surface area (Å²) in [4.78, 5) is 7.03. The lowest BCUT2D eigenvalue weighted by molar-refractivity contribution is 0.688. The molecule has 0 bridgehead atoms. The second-order valence-electron chi connectivity index (χ2n) is 4.55. The van der Waals surface area contributed by atoms with Gasteiger partial charge in [0.15, 0.2) is 0 Å². The number of aryl methyl sites for hydroxylation is 1. The van der Waals surface area contributed by atoms with Gasteiger partial charge in [0.1, 0.15) is 5.82 Å². The highest BCUT2D eigenvalue weighted by Gasteiger charge is 2.15. The molecule has 1 atom stereocenters. The lowest BCUT2D eigenvalue weighted by atomic mass is 10.0. The number of rotatable bonds is 3. The van der Waals surface area contributed by atoms with Crippen LogP contribution >= 0.6 is 0 Å². The summed E-state index contributed by atoms with van der Waals surface area (Å²) in [6.07, 6.45) is 3.54. The quantitative estimate of drug-likeness (QED) is 0.848. The van der Waals surface area contributed by atoms with E-state index in [1.54, 1.807) is 0 Å². The van der Waals surface area contributed by atoms with Gasteiger partial charge in [0.25, 0.3) is 0 Å². The summed E-state index contributed by atoms with van der Waals surface area (Å²) in [6, 6.07) is 4.38. The predicted molar refractivity (Wildman–Crippen MR) is 67.6 cm³/mol. The summed E-state index contributed by atoms with van der Waals surface area (Å²) in [5.41, 5.74) is 8.31. The second-order valence-corrected chi connectivity index (χ2v) is 4.55. The molecule has 2 heterocycles. The maximum Gasteiger partial charge on any atom is 0.128 e. The van der Waals surface area contributed by atoms with E-state index in [1.807, 2.05) is 0 Å². The third-order valence-corrected chi connectivity index (χ3v) is 3.38. The van der Waals surface area contributed by atoms with Crippen LogP contribution < -0.4 is 10.6 Å². The largest absolute Gasteiger partial charge is 0.357 e. The molecule has 1 aromatic heterocycles. The molecular formula is C13H21N3. The first-order valence-corrected chi connectivity index (χ1v) is 6.20. The molecule has 0 radical (unpaired) electrons. The van der Waals surface area contributed by atoms with Crippen molar-refractivity contribution in [1.82, 2.24) is 4.98 Å². The Morgan fingerprint density at radius 2 is 2.06 bits per heavy atom. The molecule has 16 heavy (non-hydrogen) atoms. The van der Waals surface area contributed by atoms with Crippen molar-refractivity contribution in [2.45, 2.75) is 39.2 Å². The molecule has 0 saturated carbocycles.